The van der Waals surface area contributed by atoms with Crippen molar-refractivity contribution >= 4 is 101 Å². The number of phenolic OH excluding ortho intramolecular Hbond substituents is 1. The smallest absolute Gasteiger partial charge is 0.325 e. The van der Waals surface area contributed by atoms with Gasteiger partial charge in [0.2, 0.25) is 82.7 Å². The Labute approximate surface area is 632 Å². The lowest BCUT2D eigenvalue weighted by Crippen LogP contribution is -2.61. The molecule has 0 bridgehead atoms. The van der Waals surface area contributed by atoms with Gasteiger partial charge >= 0.3 is 17.9 Å². The average molecular weight is 1540 g/mol. The molecule has 2 fully saturated rings. The van der Waals surface area contributed by atoms with Gasteiger partial charge in [-0.1, -0.05) is 26.0 Å². The molecule has 39 heteroatoms. The maximum absolute atomic E-state index is 14.5. The molecule has 0 unspecified atom stereocenters. The van der Waals surface area contributed by atoms with Crippen LogP contribution in [0.5, 0.6) is 5.75 Å². The van der Waals surface area contributed by atoms with Crippen molar-refractivity contribution < 1.29 is 102 Å². The summed E-state index contributed by atoms with van der Waals surface area (Å²) in [5.41, 5.74) is 23.6. The number of carboxylic acid groups (broad SMARTS) is 3. The van der Waals surface area contributed by atoms with E-state index in [2.05, 4.69) is 63.8 Å². The van der Waals surface area contributed by atoms with Crippen LogP contribution in [0.4, 0.5) is 0 Å². The second-order valence-corrected chi connectivity index (χ2v) is 27.8. The summed E-state index contributed by atoms with van der Waals surface area (Å²) in [5.74, 6) is -16.4. The summed E-state index contributed by atoms with van der Waals surface area (Å²) in [4.78, 5) is 230. The topological polar surface area (TPSA) is 626 Å². The van der Waals surface area contributed by atoms with Crippen molar-refractivity contribution in [3.05, 3.63) is 29.8 Å². The standard InChI is InChI=1S/C70H114N18O21/c1-36(2)55(86-63(101)47(18-10-13-31-72)82-66(104)52-21-16-34-88(52)69(107)49(19-11-14-32-73)84-60(98)45(74)26-28-53(90)91)67(105)83-48(27-29-54(92)93)62(100)78-40(6)59(97)85-50(35-43-22-24-44(89)25-23-43)64(102)81-46(17-9-12-30-71)61(99)77-39(5)57(95)75-37(3)56(94)76-38(4)58(96)79-41(7)68(106)87-33-15-20-51(87)65(103)80-42(8)70(108)109/h22-25,36-42,45-52,55,89H,9-21,26-35,71-74H2,1-8H3,(H,75,95)(H,76,94)(H,77,99)(H,78,100)(H,79,96)(H,80,103)(H,81,102)(H,82,104)(H,83,105)(H,84,98)(H,85,97)(H,86,101)(H,90,91)(H,92,93)(H,108,109)/t37-,38-,39-,40-,41-,42-,45-,46-,47-,48-,49-,50-,51-,52-,55-/m0/s1. The Balaban J connectivity index is 1.78. The van der Waals surface area contributed by atoms with Gasteiger partial charge in [0.05, 0.1) is 6.04 Å². The molecule has 0 aromatic heterocycles. The van der Waals surface area contributed by atoms with Gasteiger partial charge in [-0.3, -0.25) is 81.5 Å². The first-order valence-corrected chi connectivity index (χ1v) is 36.9. The number of carboxylic acids is 3. The molecule has 3 rings (SSSR count). The van der Waals surface area contributed by atoms with Crippen LogP contribution in [-0.4, -0.2) is 254 Å². The number of nitrogens with one attached hydrogen (secondary N) is 12. The van der Waals surface area contributed by atoms with Gasteiger partial charge in [0.15, 0.2) is 0 Å². The molecule has 610 valence electrons. The first-order chi connectivity index (χ1) is 51.3. The number of unbranched alkanes of at least 4 members (excludes halogenated alkanes) is 3. The SMILES string of the molecule is CC(C)[C@H](NC(=O)[C@H](CCCCN)NC(=O)[C@@H]1CCCN1C(=O)[C@H](CCCCN)NC(=O)[C@@H](N)CCC(=O)O)C(=O)N[C@@H](CCC(=O)O)C(=O)N[C@@H](C)C(=O)N[C@@H](Cc1ccc(O)cc1)C(=O)N[C@@H](CCCCN)C(=O)N[C@@H](C)C(=O)N[C@@H](C)C(=O)N[C@@H](C)C(=O)N[C@@H](C)C(=O)N1CCC[C@H]1C(=O)N[C@@H](C)C(=O)O. The van der Waals surface area contributed by atoms with Gasteiger partial charge in [-0.05, 0) is 181 Å². The third kappa shape index (κ3) is 31.5. The van der Waals surface area contributed by atoms with Crippen LogP contribution in [0.1, 0.15) is 170 Å². The second kappa shape index (κ2) is 46.9. The van der Waals surface area contributed by atoms with Gasteiger partial charge in [-0.15, -0.1) is 0 Å². The minimum absolute atomic E-state index is 0.000385. The van der Waals surface area contributed by atoms with E-state index in [1.54, 1.807) is 13.8 Å². The molecule has 0 radical (unpaired) electrons. The lowest BCUT2D eigenvalue weighted by molar-refractivity contribution is -0.144. The van der Waals surface area contributed by atoms with Crippen LogP contribution in [0, 0.1) is 5.92 Å². The van der Waals surface area contributed by atoms with Crippen LogP contribution in [0.25, 0.3) is 0 Å². The molecule has 2 aliphatic heterocycles. The Bertz CT molecular complexity index is 3330. The molecule has 24 N–H and O–H groups in total. The zero-order valence-corrected chi connectivity index (χ0v) is 63.2. The van der Waals surface area contributed by atoms with E-state index < -0.39 is 216 Å². The number of carbonyl (C=O) groups is 17. The lowest BCUT2D eigenvalue weighted by Gasteiger charge is -2.31. The summed E-state index contributed by atoms with van der Waals surface area (Å²) in [5, 5.41) is 68.4. The van der Waals surface area contributed by atoms with Crippen LogP contribution < -0.4 is 86.7 Å². The second-order valence-electron chi connectivity index (χ2n) is 27.8. The lowest BCUT2D eigenvalue weighted by atomic mass is 10.0. The van der Waals surface area contributed by atoms with Gasteiger partial charge in [-0.2, -0.15) is 0 Å². The number of likely N-dealkylation sites (tertiary alicyclic amines) is 2. The number of aliphatic carboxylic acids is 3. The molecule has 15 atom stereocenters. The summed E-state index contributed by atoms with van der Waals surface area (Å²) in [6.45, 7) is 11.8. The van der Waals surface area contributed by atoms with Gasteiger partial charge in [0, 0.05) is 32.4 Å². The van der Waals surface area contributed by atoms with Crippen LogP contribution >= 0.6 is 0 Å². The summed E-state index contributed by atoms with van der Waals surface area (Å²) < 4.78 is 0. The minimum Gasteiger partial charge on any atom is -0.508 e. The van der Waals surface area contributed by atoms with Crippen molar-refractivity contribution in [2.45, 2.75) is 262 Å². The molecule has 14 amide bonds. The third-order valence-electron chi connectivity index (χ3n) is 18.4. The number of carbonyl (C=O) groups excluding carboxylic acids is 14. The summed E-state index contributed by atoms with van der Waals surface area (Å²) in [6.07, 6.45) is 1.39. The van der Waals surface area contributed by atoms with Crippen LogP contribution in [-0.2, 0) is 87.9 Å². The minimum atomic E-state index is -1.68. The summed E-state index contributed by atoms with van der Waals surface area (Å²) >= 11 is 0. The number of aromatic hydroxyl groups is 1. The Morgan fingerprint density at radius 3 is 1.22 bits per heavy atom. The van der Waals surface area contributed by atoms with Crippen molar-refractivity contribution in [2.75, 3.05) is 32.7 Å². The Morgan fingerprint density at radius 2 is 0.761 bits per heavy atom. The molecule has 2 aliphatic rings. The monoisotopic (exact) mass is 1540 g/mol. The van der Waals surface area contributed by atoms with Crippen molar-refractivity contribution in [3.63, 3.8) is 0 Å². The summed E-state index contributed by atoms with van der Waals surface area (Å²) in [7, 11) is 0. The van der Waals surface area contributed by atoms with E-state index in [1.165, 1.54) is 75.6 Å². The molecule has 0 aliphatic carbocycles. The van der Waals surface area contributed by atoms with Crippen LogP contribution in [0.3, 0.4) is 0 Å². The maximum Gasteiger partial charge on any atom is 0.325 e. The molecule has 39 nitrogen and oxygen atoms in total. The van der Waals surface area contributed by atoms with E-state index >= 15 is 0 Å². The van der Waals surface area contributed by atoms with E-state index in [9.17, 15) is 96.8 Å². The van der Waals surface area contributed by atoms with E-state index in [0.29, 0.717) is 50.5 Å². The van der Waals surface area contributed by atoms with Crippen LogP contribution in [0.15, 0.2) is 24.3 Å². The Morgan fingerprint density at radius 1 is 0.394 bits per heavy atom. The molecular weight excluding hydrogens is 1430 g/mol. The fourth-order valence-electron chi connectivity index (χ4n) is 11.9. The van der Waals surface area contributed by atoms with E-state index in [4.69, 9.17) is 28.0 Å². The third-order valence-corrected chi connectivity index (χ3v) is 18.4. The number of amides is 14. The number of nitrogens with zero attached hydrogens (tertiary/aromatic N) is 2. The van der Waals surface area contributed by atoms with E-state index in [-0.39, 0.29) is 89.8 Å². The number of nitrogens with two attached hydrogens (primary N) is 4. The molecule has 0 saturated carbocycles. The molecule has 109 heavy (non-hydrogen) atoms. The van der Waals surface area contributed by atoms with Gasteiger partial charge < -0.3 is 117 Å². The zero-order chi connectivity index (χ0) is 81.9. The van der Waals surface area contributed by atoms with E-state index in [1.807, 2.05) is 0 Å². The number of benzene rings is 1. The Kier molecular flexibility index (Phi) is 40.1. The molecule has 1 aromatic carbocycles. The molecule has 1 aromatic rings. The molecule has 0 spiro atoms. The maximum atomic E-state index is 14.5. The Hall–Kier alpha value is -10.1. The van der Waals surface area contributed by atoms with Crippen molar-refractivity contribution in [3.8, 4) is 5.75 Å². The highest BCUT2D eigenvalue weighted by molar-refractivity contribution is 6.00. The average Bonchev–Trinajstić information content (AvgIpc) is 1.70. The van der Waals surface area contributed by atoms with Gasteiger partial charge in [0.1, 0.15) is 90.3 Å². The first kappa shape index (κ1) is 93.1. The predicted molar refractivity (Wildman–Crippen MR) is 391 cm³/mol. The zero-order valence-electron chi connectivity index (χ0n) is 63.2. The van der Waals surface area contributed by atoms with Crippen molar-refractivity contribution in [1.82, 2.24) is 73.6 Å². The highest BCUT2D eigenvalue weighted by Gasteiger charge is 2.42. The highest BCUT2D eigenvalue weighted by atomic mass is 16.4. The predicted octanol–water partition coefficient (Wildman–Crippen LogP) is -4.96. The number of hydrogen-bond donors (Lipinski definition) is 20. The summed E-state index contributed by atoms with van der Waals surface area (Å²) in [6, 6.07) is -14.3. The number of hydrogen-bond acceptors (Lipinski definition) is 22. The number of rotatable bonds is 48. The molecule has 2 saturated heterocycles. The van der Waals surface area contributed by atoms with Crippen LogP contribution in [0.2, 0.25) is 0 Å². The van der Waals surface area contributed by atoms with E-state index in [0.717, 1.165) is 0 Å². The quantitative estimate of drug-likeness (QED) is 0.0272. The van der Waals surface area contributed by atoms with Gasteiger partial charge in [0.25, 0.3) is 0 Å². The van der Waals surface area contributed by atoms with Crippen molar-refractivity contribution in [2.24, 2.45) is 28.9 Å². The molecule has 2 heterocycles. The largest absolute Gasteiger partial charge is 0.508 e. The molecular formula is C70H114N18O21. The number of phenols is 1. The highest BCUT2D eigenvalue weighted by Crippen LogP contribution is 2.23. The van der Waals surface area contributed by atoms with Crippen molar-refractivity contribution in [1.29, 1.82) is 0 Å². The van der Waals surface area contributed by atoms with Gasteiger partial charge in [-0.25, -0.2) is 0 Å². The first-order valence-electron chi connectivity index (χ1n) is 36.9. The fraction of sp³-hybridized carbons (Fsp3) is 0.671. The fourth-order valence-corrected chi connectivity index (χ4v) is 11.9. The normalized spacial score (nSPS) is 17.6.